The molecule has 3 rings (SSSR count). The zero-order valence-electron chi connectivity index (χ0n) is 8.85. The van der Waals surface area contributed by atoms with Crippen LogP contribution in [0.15, 0.2) is 5.16 Å². The third kappa shape index (κ3) is 2.42. The molecule has 0 saturated carbocycles. The SMILES string of the molecule is CON=C(C#N)[C@H]1CN2CCC1CC2.Cl. The Balaban J connectivity index is 0.00000112. The predicted molar refractivity (Wildman–Crippen MR) is 60.0 cm³/mol. The molecule has 3 fully saturated rings. The molecular weight excluding hydrogens is 214 g/mol. The molecule has 0 N–H and O–H groups in total. The number of halogens is 1. The summed E-state index contributed by atoms with van der Waals surface area (Å²) in [4.78, 5) is 7.11. The van der Waals surface area contributed by atoms with E-state index in [1.54, 1.807) is 0 Å². The Morgan fingerprint density at radius 3 is 2.53 bits per heavy atom. The van der Waals surface area contributed by atoms with E-state index in [9.17, 15) is 0 Å². The fourth-order valence-corrected chi connectivity index (χ4v) is 2.54. The van der Waals surface area contributed by atoms with Crippen molar-refractivity contribution >= 4 is 18.1 Å². The van der Waals surface area contributed by atoms with Crippen molar-refractivity contribution in [2.45, 2.75) is 12.8 Å². The molecule has 0 amide bonds. The summed E-state index contributed by atoms with van der Waals surface area (Å²) in [5.41, 5.74) is 0.571. The van der Waals surface area contributed by atoms with Crippen LogP contribution < -0.4 is 0 Å². The summed E-state index contributed by atoms with van der Waals surface area (Å²) in [7, 11) is 1.50. The molecule has 0 aromatic carbocycles. The first-order valence-electron chi connectivity index (χ1n) is 5.08. The maximum Gasteiger partial charge on any atom is 0.161 e. The molecule has 84 valence electrons. The molecule has 5 heteroatoms. The van der Waals surface area contributed by atoms with Crippen LogP contribution in [0.1, 0.15) is 12.8 Å². The van der Waals surface area contributed by atoms with E-state index in [0.29, 0.717) is 17.5 Å². The summed E-state index contributed by atoms with van der Waals surface area (Å²) in [5.74, 6) is 0.955. The number of hydrogen-bond acceptors (Lipinski definition) is 4. The minimum Gasteiger partial charge on any atom is -0.398 e. The first-order valence-corrected chi connectivity index (χ1v) is 5.08. The van der Waals surface area contributed by atoms with Crippen molar-refractivity contribution in [1.29, 1.82) is 5.26 Å². The maximum atomic E-state index is 8.96. The summed E-state index contributed by atoms with van der Waals surface area (Å²) >= 11 is 0. The molecule has 2 bridgehead atoms. The Bertz CT molecular complexity index is 279. The summed E-state index contributed by atoms with van der Waals surface area (Å²) in [6.07, 6.45) is 2.41. The van der Waals surface area contributed by atoms with Crippen molar-refractivity contribution in [1.82, 2.24) is 4.90 Å². The van der Waals surface area contributed by atoms with Crippen LogP contribution in [-0.4, -0.2) is 37.4 Å². The van der Waals surface area contributed by atoms with Gasteiger partial charge in [-0.05, 0) is 31.8 Å². The highest BCUT2D eigenvalue weighted by Gasteiger charge is 2.37. The molecule has 3 aliphatic rings. The second-order valence-electron chi connectivity index (χ2n) is 4.02. The maximum absolute atomic E-state index is 8.96. The normalized spacial score (nSPS) is 34.1. The third-order valence-electron chi connectivity index (χ3n) is 3.31. The van der Waals surface area contributed by atoms with Gasteiger partial charge in [0.05, 0.1) is 0 Å². The summed E-state index contributed by atoms with van der Waals surface area (Å²) in [6.45, 7) is 3.36. The van der Waals surface area contributed by atoms with Gasteiger partial charge in [0.15, 0.2) is 5.71 Å². The van der Waals surface area contributed by atoms with E-state index in [-0.39, 0.29) is 12.4 Å². The molecule has 3 saturated heterocycles. The molecular formula is C10H16ClN3O. The minimum absolute atomic E-state index is 0. The van der Waals surface area contributed by atoms with Crippen molar-refractivity contribution in [3.05, 3.63) is 0 Å². The van der Waals surface area contributed by atoms with Gasteiger partial charge in [-0.2, -0.15) is 5.26 Å². The highest BCUT2D eigenvalue weighted by atomic mass is 35.5. The van der Waals surface area contributed by atoms with Crippen LogP contribution in [-0.2, 0) is 4.84 Å². The van der Waals surface area contributed by atoms with Crippen molar-refractivity contribution in [2.75, 3.05) is 26.7 Å². The standard InChI is InChI=1S/C10H15N3O.ClH/c1-14-12-10(6-11)9-7-13-4-2-8(9)3-5-13;/h8-9H,2-5,7H2,1H3;1H/t9-;/m0./s1. The van der Waals surface area contributed by atoms with E-state index < -0.39 is 0 Å². The molecule has 0 aromatic rings. The quantitative estimate of drug-likeness (QED) is 0.529. The lowest BCUT2D eigenvalue weighted by atomic mass is 9.77. The third-order valence-corrected chi connectivity index (χ3v) is 3.31. The van der Waals surface area contributed by atoms with Crippen molar-refractivity contribution < 1.29 is 4.84 Å². The van der Waals surface area contributed by atoms with Gasteiger partial charge in [0.2, 0.25) is 0 Å². The lowest BCUT2D eigenvalue weighted by molar-refractivity contribution is 0.0800. The number of hydrogen-bond donors (Lipinski definition) is 0. The summed E-state index contributed by atoms with van der Waals surface area (Å²) in [6, 6.07) is 2.16. The number of rotatable bonds is 2. The van der Waals surface area contributed by atoms with E-state index >= 15 is 0 Å². The van der Waals surface area contributed by atoms with Crippen LogP contribution in [0.3, 0.4) is 0 Å². The van der Waals surface area contributed by atoms with Crippen LogP contribution in [0.5, 0.6) is 0 Å². The van der Waals surface area contributed by atoms with Crippen LogP contribution in [0.2, 0.25) is 0 Å². The number of nitriles is 1. The molecule has 1 atom stereocenters. The van der Waals surface area contributed by atoms with Gasteiger partial charge < -0.3 is 9.74 Å². The average molecular weight is 230 g/mol. The van der Waals surface area contributed by atoms with Gasteiger partial charge >= 0.3 is 0 Å². The molecule has 0 unspecified atom stereocenters. The summed E-state index contributed by atoms with van der Waals surface area (Å²) < 4.78 is 0. The van der Waals surface area contributed by atoms with E-state index in [1.807, 2.05) is 0 Å². The Morgan fingerprint density at radius 1 is 1.47 bits per heavy atom. The van der Waals surface area contributed by atoms with Gasteiger partial charge in [0.25, 0.3) is 0 Å². The Morgan fingerprint density at radius 2 is 2.13 bits per heavy atom. The van der Waals surface area contributed by atoms with Gasteiger partial charge in [0.1, 0.15) is 13.2 Å². The van der Waals surface area contributed by atoms with Crippen molar-refractivity contribution in [3.8, 4) is 6.07 Å². The number of fused-ring (bicyclic) bond motifs is 3. The molecule has 0 aliphatic carbocycles. The molecule has 0 spiro atoms. The molecule has 0 radical (unpaired) electrons. The average Bonchev–Trinajstić information content (AvgIpc) is 2.27. The zero-order valence-corrected chi connectivity index (χ0v) is 9.66. The number of piperidine rings is 3. The highest BCUT2D eigenvalue weighted by molar-refractivity contribution is 6.00. The van der Waals surface area contributed by atoms with Crippen LogP contribution in [0.25, 0.3) is 0 Å². The van der Waals surface area contributed by atoms with Gasteiger partial charge in [-0.15, -0.1) is 12.4 Å². The Labute approximate surface area is 96.3 Å². The molecule has 3 aliphatic heterocycles. The second kappa shape index (κ2) is 5.34. The smallest absolute Gasteiger partial charge is 0.161 e. The monoisotopic (exact) mass is 229 g/mol. The first-order chi connectivity index (χ1) is 6.85. The minimum atomic E-state index is 0. The van der Waals surface area contributed by atoms with Crippen molar-refractivity contribution in [2.24, 2.45) is 17.0 Å². The lowest BCUT2D eigenvalue weighted by Gasteiger charge is -2.43. The van der Waals surface area contributed by atoms with Gasteiger partial charge in [-0.25, -0.2) is 0 Å². The summed E-state index contributed by atoms with van der Waals surface area (Å²) in [5, 5.41) is 12.8. The first kappa shape index (κ1) is 12.3. The Kier molecular flexibility index (Phi) is 4.37. The topological polar surface area (TPSA) is 48.6 Å². The molecule has 4 nitrogen and oxygen atoms in total. The van der Waals surface area contributed by atoms with Crippen LogP contribution in [0.4, 0.5) is 0 Å². The van der Waals surface area contributed by atoms with Crippen LogP contribution in [0, 0.1) is 23.2 Å². The van der Waals surface area contributed by atoms with E-state index in [1.165, 1.54) is 33.0 Å². The fraction of sp³-hybridized carbons (Fsp3) is 0.800. The van der Waals surface area contributed by atoms with E-state index in [0.717, 1.165) is 6.54 Å². The van der Waals surface area contributed by atoms with E-state index in [4.69, 9.17) is 10.1 Å². The second-order valence-corrected chi connectivity index (χ2v) is 4.02. The van der Waals surface area contributed by atoms with Crippen LogP contribution >= 0.6 is 12.4 Å². The Hall–Kier alpha value is -0.790. The molecule has 15 heavy (non-hydrogen) atoms. The van der Waals surface area contributed by atoms with Gasteiger partial charge in [-0.3, -0.25) is 0 Å². The van der Waals surface area contributed by atoms with E-state index in [2.05, 4.69) is 16.1 Å². The molecule has 3 heterocycles. The largest absolute Gasteiger partial charge is 0.398 e. The zero-order chi connectivity index (χ0) is 9.97. The number of nitrogens with zero attached hydrogens (tertiary/aromatic N) is 3. The highest BCUT2D eigenvalue weighted by Crippen LogP contribution is 2.33. The van der Waals surface area contributed by atoms with Crippen molar-refractivity contribution in [3.63, 3.8) is 0 Å². The van der Waals surface area contributed by atoms with Gasteiger partial charge in [-0.1, -0.05) is 5.16 Å². The number of oxime groups is 1. The molecule has 0 aromatic heterocycles. The van der Waals surface area contributed by atoms with Gasteiger partial charge in [0, 0.05) is 12.5 Å². The lowest BCUT2D eigenvalue weighted by Crippen LogP contribution is -2.49. The fourth-order valence-electron chi connectivity index (χ4n) is 2.54. The predicted octanol–water partition coefficient (Wildman–Crippen LogP) is 1.28.